The molecule has 3 N–H and O–H groups in total. The Kier molecular flexibility index (Phi) is 10.6. The fourth-order valence-corrected chi connectivity index (χ4v) is 2.90. The zero-order valence-electron chi connectivity index (χ0n) is 18.8. The fourth-order valence-electron chi connectivity index (χ4n) is 2.90. The van der Waals surface area contributed by atoms with Gasteiger partial charge in [0.2, 0.25) is 12.3 Å². The number of methoxy groups -OCH3 is 2. The van der Waals surface area contributed by atoms with Gasteiger partial charge in [-0.25, -0.2) is 15.3 Å². The smallest absolute Gasteiger partial charge is 0.426 e. The first kappa shape index (κ1) is 26.0. The van der Waals surface area contributed by atoms with E-state index >= 15 is 0 Å². The molecule has 0 aromatic heterocycles. The van der Waals surface area contributed by atoms with Gasteiger partial charge < -0.3 is 14.2 Å². The lowest BCUT2D eigenvalue weighted by Crippen LogP contribution is -2.48. The van der Waals surface area contributed by atoms with E-state index in [1.54, 1.807) is 32.0 Å². The Morgan fingerprint density at radius 2 is 1.74 bits per heavy atom. The average molecular weight is 440 g/mol. The summed E-state index contributed by atoms with van der Waals surface area (Å²) in [6.07, 6.45) is 2.42. The van der Waals surface area contributed by atoms with Crippen LogP contribution in [0.15, 0.2) is 18.2 Å². The number of unbranched alkanes of at least 4 members (excludes halogenated alkanes) is 2. The maximum Gasteiger partial charge on any atom is 0.426 e. The van der Waals surface area contributed by atoms with Crippen molar-refractivity contribution in [2.24, 2.45) is 5.92 Å². The molecule has 0 saturated heterocycles. The number of nitrogens with zero attached hydrogens (tertiary/aromatic N) is 1. The van der Waals surface area contributed by atoms with Crippen molar-refractivity contribution in [2.75, 3.05) is 20.8 Å². The van der Waals surface area contributed by atoms with Crippen molar-refractivity contribution in [3.63, 3.8) is 0 Å². The Morgan fingerprint density at radius 3 is 2.26 bits per heavy atom. The summed E-state index contributed by atoms with van der Waals surface area (Å²) in [5.74, 6) is -0.135. The maximum atomic E-state index is 12.4. The molecule has 1 unspecified atom stereocenters. The van der Waals surface area contributed by atoms with Crippen LogP contribution in [-0.4, -0.2) is 49.4 Å². The number of hydrogen-bond donors (Lipinski definition) is 3. The van der Waals surface area contributed by atoms with Crippen LogP contribution >= 0.6 is 0 Å². The molecule has 0 saturated carbocycles. The Labute approximate surface area is 182 Å². The molecule has 10 heteroatoms. The minimum Gasteiger partial charge on any atom is -0.497 e. The SMILES string of the molecule is CCCCCC(CN(O)C=O)C(=O)NNC(=O)OC(C)(C)c1cc(OC)cc(OC)c1. The Morgan fingerprint density at radius 1 is 1.13 bits per heavy atom. The first-order valence-corrected chi connectivity index (χ1v) is 10.1. The number of rotatable bonds is 12. The zero-order valence-corrected chi connectivity index (χ0v) is 18.8. The van der Waals surface area contributed by atoms with Crippen LogP contribution in [-0.2, 0) is 19.9 Å². The van der Waals surface area contributed by atoms with E-state index in [-0.39, 0.29) is 13.0 Å². The van der Waals surface area contributed by atoms with E-state index in [1.807, 2.05) is 6.92 Å². The van der Waals surface area contributed by atoms with Crippen LogP contribution in [0.4, 0.5) is 4.79 Å². The van der Waals surface area contributed by atoms with E-state index < -0.39 is 23.5 Å². The highest BCUT2D eigenvalue weighted by Gasteiger charge is 2.28. The fraction of sp³-hybridized carbons (Fsp3) is 0.571. The van der Waals surface area contributed by atoms with Crippen LogP contribution in [0.25, 0.3) is 0 Å². The summed E-state index contributed by atoms with van der Waals surface area (Å²) < 4.78 is 15.9. The average Bonchev–Trinajstić information content (AvgIpc) is 2.75. The van der Waals surface area contributed by atoms with E-state index in [0.717, 1.165) is 19.3 Å². The summed E-state index contributed by atoms with van der Waals surface area (Å²) in [4.78, 5) is 35.4. The molecule has 0 radical (unpaired) electrons. The predicted molar refractivity (Wildman–Crippen MR) is 113 cm³/mol. The van der Waals surface area contributed by atoms with E-state index in [4.69, 9.17) is 14.2 Å². The number of hydroxylamine groups is 2. The van der Waals surface area contributed by atoms with Crippen molar-refractivity contribution >= 4 is 18.4 Å². The maximum absolute atomic E-state index is 12.4. The molecule has 1 aromatic rings. The molecular weight excluding hydrogens is 406 g/mol. The molecule has 31 heavy (non-hydrogen) atoms. The van der Waals surface area contributed by atoms with Crippen molar-refractivity contribution in [3.05, 3.63) is 23.8 Å². The lowest BCUT2D eigenvalue weighted by molar-refractivity contribution is -0.154. The van der Waals surface area contributed by atoms with E-state index in [1.165, 1.54) is 14.2 Å². The number of ether oxygens (including phenoxy) is 3. The lowest BCUT2D eigenvalue weighted by atomic mass is 9.97. The predicted octanol–water partition coefficient (Wildman–Crippen LogP) is 2.74. The molecule has 0 aliphatic carbocycles. The number of carbonyl (C=O) groups excluding carboxylic acids is 3. The highest BCUT2D eigenvalue weighted by Crippen LogP contribution is 2.32. The summed E-state index contributed by atoms with van der Waals surface area (Å²) in [5.41, 5.74) is 4.08. The second-order valence-electron chi connectivity index (χ2n) is 7.54. The molecule has 0 bridgehead atoms. The topological polar surface area (TPSA) is 126 Å². The van der Waals surface area contributed by atoms with Gasteiger partial charge in [-0.3, -0.25) is 20.2 Å². The van der Waals surface area contributed by atoms with Gasteiger partial charge in [0, 0.05) is 11.6 Å². The van der Waals surface area contributed by atoms with E-state index in [2.05, 4.69) is 10.9 Å². The number of carbonyl (C=O) groups is 3. The van der Waals surface area contributed by atoms with Crippen LogP contribution in [0, 0.1) is 5.92 Å². The van der Waals surface area contributed by atoms with Gasteiger partial charge in [0.05, 0.1) is 26.7 Å². The molecule has 0 aliphatic heterocycles. The number of nitrogens with one attached hydrogen (secondary N) is 2. The van der Waals surface area contributed by atoms with Gasteiger partial charge in [-0.1, -0.05) is 26.2 Å². The third kappa shape index (κ3) is 8.71. The second-order valence-corrected chi connectivity index (χ2v) is 7.54. The van der Waals surface area contributed by atoms with Crippen molar-refractivity contribution in [1.29, 1.82) is 0 Å². The van der Waals surface area contributed by atoms with E-state index in [0.29, 0.717) is 28.5 Å². The summed E-state index contributed by atoms with van der Waals surface area (Å²) in [6.45, 7) is 5.22. The van der Waals surface area contributed by atoms with Gasteiger partial charge in [-0.15, -0.1) is 0 Å². The van der Waals surface area contributed by atoms with Crippen molar-refractivity contribution in [1.82, 2.24) is 15.9 Å². The minimum absolute atomic E-state index is 0.176. The second kappa shape index (κ2) is 12.6. The van der Waals surface area contributed by atoms with Gasteiger partial charge in [0.1, 0.15) is 17.1 Å². The molecule has 0 spiro atoms. The Bertz CT molecular complexity index is 717. The van der Waals surface area contributed by atoms with Gasteiger partial charge in [0.15, 0.2) is 0 Å². The minimum atomic E-state index is -1.06. The third-order valence-electron chi connectivity index (χ3n) is 4.74. The molecule has 1 rings (SSSR count). The molecule has 10 nitrogen and oxygen atoms in total. The molecule has 1 aromatic carbocycles. The van der Waals surface area contributed by atoms with Crippen molar-refractivity contribution in [2.45, 2.75) is 52.1 Å². The van der Waals surface area contributed by atoms with Crippen molar-refractivity contribution in [3.8, 4) is 11.5 Å². The van der Waals surface area contributed by atoms with Gasteiger partial charge >= 0.3 is 6.09 Å². The summed E-state index contributed by atoms with van der Waals surface area (Å²) in [6, 6.07) is 5.13. The highest BCUT2D eigenvalue weighted by atomic mass is 16.6. The molecule has 0 aliphatic rings. The molecule has 0 fully saturated rings. The first-order valence-electron chi connectivity index (χ1n) is 10.1. The first-order chi connectivity index (χ1) is 14.7. The number of amides is 3. The van der Waals surface area contributed by atoms with E-state index in [9.17, 15) is 19.6 Å². The van der Waals surface area contributed by atoms with Gasteiger partial charge in [-0.2, -0.15) is 0 Å². The number of benzene rings is 1. The summed E-state index contributed by atoms with van der Waals surface area (Å²) in [7, 11) is 3.04. The molecule has 1 atom stereocenters. The monoisotopic (exact) mass is 439 g/mol. The van der Waals surface area contributed by atoms with Crippen LogP contribution in [0.5, 0.6) is 11.5 Å². The molecule has 3 amide bonds. The molecule has 174 valence electrons. The van der Waals surface area contributed by atoms with Crippen molar-refractivity contribution < 1.29 is 33.8 Å². The van der Waals surface area contributed by atoms with Gasteiger partial charge in [0.25, 0.3) is 0 Å². The van der Waals surface area contributed by atoms with Gasteiger partial charge in [-0.05, 0) is 32.4 Å². The number of hydrogen-bond acceptors (Lipinski definition) is 7. The Balaban J connectivity index is 2.74. The third-order valence-corrected chi connectivity index (χ3v) is 4.74. The Hall–Kier alpha value is -3.01. The lowest BCUT2D eigenvalue weighted by Gasteiger charge is -2.27. The quantitative estimate of drug-likeness (QED) is 0.198. The molecule has 0 heterocycles. The summed E-state index contributed by atoms with van der Waals surface area (Å²) >= 11 is 0. The van der Waals surface area contributed by atoms with Crippen LogP contribution < -0.4 is 20.3 Å². The number of hydrazine groups is 1. The van der Waals surface area contributed by atoms with Crippen LogP contribution in [0.1, 0.15) is 52.0 Å². The summed E-state index contributed by atoms with van der Waals surface area (Å²) in [5, 5.41) is 9.84. The molecular formula is C21H33N3O7. The van der Waals surface area contributed by atoms with Crippen LogP contribution in [0.2, 0.25) is 0 Å². The van der Waals surface area contributed by atoms with Crippen LogP contribution in [0.3, 0.4) is 0 Å². The standard InChI is InChI=1S/C21H33N3O7/c1-6-7-8-9-15(13-24(28)14-25)19(26)22-23-20(27)31-21(2,3)16-10-17(29-4)12-18(11-16)30-5/h10-12,14-15,28H,6-9,13H2,1-5H3,(H,22,26)(H,23,27). The zero-order chi connectivity index (χ0) is 23.4. The highest BCUT2D eigenvalue weighted by molar-refractivity contribution is 5.81. The normalized spacial score (nSPS) is 11.8. The largest absolute Gasteiger partial charge is 0.497 e.